The lowest BCUT2D eigenvalue weighted by atomic mass is 10.1. The molecular formula is C12H14N4O2. The monoisotopic (exact) mass is 246 g/mol. The molecule has 6 heteroatoms. The second-order valence-electron chi connectivity index (χ2n) is 4.99. The lowest BCUT2D eigenvalue weighted by Gasteiger charge is -2.28. The van der Waals surface area contributed by atoms with Crippen LogP contribution < -0.4 is 0 Å². The van der Waals surface area contributed by atoms with Gasteiger partial charge in [0.15, 0.2) is 0 Å². The summed E-state index contributed by atoms with van der Waals surface area (Å²) in [5.41, 5.74) is 1.11. The van der Waals surface area contributed by atoms with E-state index >= 15 is 0 Å². The summed E-state index contributed by atoms with van der Waals surface area (Å²) in [5.74, 6) is 0. The van der Waals surface area contributed by atoms with Crippen molar-refractivity contribution < 1.29 is 9.53 Å². The van der Waals surface area contributed by atoms with Gasteiger partial charge in [0.25, 0.3) is 0 Å². The van der Waals surface area contributed by atoms with E-state index < -0.39 is 0 Å². The molecule has 0 spiro atoms. The predicted octanol–water partition coefficient (Wildman–Crippen LogP) is 1.47. The molecule has 0 radical (unpaired) electrons. The van der Waals surface area contributed by atoms with Gasteiger partial charge < -0.3 is 4.74 Å². The second kappa shape index (κ2) is 3.78. The van der Waals surface area contributed by atoms with Gasteiger partial charge in [-0.3, -0.25) is 4.90 Å². The number of carbonyl (C=O) groups excluding carboxylic acids is 1. The molecule has 1 amide bonds. The van der Waals surface area contributed by atoms with Crippen LogP contribution in [0.4, 0.5) is 4.79 Å². The van der Waals surface area contributed by atoms with Gasteiger partial charge in [0, 0.05) is 0 Å². The van der Waals surface area contributed by atoms with Gasteiger partial charge in [0.1, 0.15) is 12.2 Å². The minimum absolute atomic E-state index is 0.203. The van der Waals surface area contributed by atoms with Gasteiger partial charge in [-0.1, -0.05) is 17.3 Å². The number of amides is 1. The summed E-state index contributed by atoms with van der Waals surface area (Å²) < 4.78 is 6.67. The number of aromatic nitrogens is 3. The van der Waals surface area contributed by atoms with Crippen molar-refractivity contribution in [1.82, 2.24) is 19.9 Å². The van der Waals surface area contributed by atoms with E-state index in [4.69, 9.17) is 4.74 Å². The molecule has 2 heterocycles. The van der Waals surface area contributed by atoms with Crippen molar-refractivity contribution in [3.05, 3.63) is 24.3 Å². The van der Waals surface area contributed by atoms with Crippen LogP contribution in [0.2, 0.25) is 0 Å². The number of para-hydroxylation sites is 1. The molecule has 0 bridgehead atoms. The molecule has 0 unspecified atom stereocenters. The average molecular weight is 246 g/mol. The maximum absolute atomic E-state index is 12.4. The molecule has 1 saturated heterocycles. The smallest absolute Gasteiger partial charge is 0.349 e. The Bertz CT molecular complexity index is 605. The van der Waals surface area contributed by atoms with Crippen LogP contribution in [0.15, 0.2) is 24.3 Å². The quantitative estimate of drug-likeness (QED) is 0.706. The van der Waals surface area contributed by atoms with E-state index in [1.807, 2.05) is 38.1 Å². The van der Waals surface area contributed by atoms with Crippen molar-refractivity contribution >= 4 is 17.1 Å². The summed E-state index contributed by atoms with van der Waals surface area (Å²) in [6.45, 7) is 4.76. The summed E-state index contributed by atoms with van der Waals surface area (Å²) in [6, 6.07) is 7.19. The Kier molecular flexibility index (Phi) is 2.34. The third kappa shape index (κ3) is 1.57. The normalized spacial score (nSPS) is 18.4. The van der Waals surface area contributed by atoms with Crippen molar-refractivity contribution in [1.29, 1.82) is 0 Å². The molecule has 0 N–H and O–H groups in total. The first-order valence-electron chi connectivity index (χ1n) is 5.80. The lowest BCUT2D eigenvalue weighted by molar-refractivity contribution is 0.138. The highest BCUT2D eigenvalue weighted by molar-refractivity contribution is 5.88. The van der Waals surface area contributed by atoms with Crippen LogP contribution >= 0.6 is 0 Å². The molecule has 1 fully saturated rings. The van der Waals surface area contributed by atoms with Crippen LogP contribution in [-0.2, 0) is 4.74 Å². The molecule has 1 aromatic carbocycles. The molecule has 0 saturated carbocycles. The molecule has 6 nitrogen and oxygen atoms in total. The minimum Gasteiger partial charge on any atom is -0.359 e. The SMILES string of the molecule is CC1(C)COCN1C(=O)n1nnc2ccccc21. The number of benzene rings is 1. The third-order valence-corrected chi connectivity index (χ3v) is 3.17. The number of fused-ring (bicyclic) bond motifs is 1. The predicted molar refractivity (Wildman–Crippen MR) is 65.1 cm³/mol. The highest BCUT2D eigenvalue weighted by Crippen LogP contribution is 2.23. The standard InChI is InChI=1S/C12H14N4O2/c1-12(2)7-18-8-15(12)11(17)16-10-6-4-3-5-9(10)13-14-16/h3-6H,7-8H2,1-2H3. The average Bonchev–Trinajstić information content (AvgIpc) is 2.91. The molecule has 3 rings (SSSR count). The Morgan fingerprint density at radius 3 is 2.89 bits per heavy atom. The lowest BCUT2D eigenvalue weighted by Crippen LogP contribution is -2.46. The molecule has 0 aliphatic carbocycles. The fourth-order valence-corrected chi connectivity index (χ4v) is 2.08. The van der Waals surface area contributed by atoms with Crippen molar-refractivity contribution in [2.45, 2.75) is 19.4 Å². The fraction of sp³-hybridized carbons (Fsp3) is 0.417. The Morgan fingerprint density at radius 1 is 1.39 bits per heavy atom. The number of carbonyl (C=O) groups is 1. The van der Waals surface area contributed by atoms with Gasteiger partial charge in [0.2, 0.25) is 0 Å². The number of rotatable bonds is 0. The van der Waals surface area contributed by atoms with E-state index in [0.29, 0.717) is 24.4 Å². The van der Waals surface area contributed by atoms with Crippen LogP contribution in [0, 0.1) is 0 Å². The highest BCUT2D eigenvalue weighted by atomic mass is 16.5. The molecule has 1 aromatic heterocycles. The van der Waals surface area contributed by atoms with Gasteiger partial charge in [-0.15, -0.1) is 5.10 Å². The maximum atomic E-state index is 12.4. The molecule has 1 aliphatic heterocycles. The first-order valence-corrected chi connectivity index (χ1v) is 5.80. The van der Waals surface area contributed by atoms with Crippen LogP contribution in [0.25, 0.3) is 11.0 Å². The first-order chi connectivity index (χ1) is 8.59. The Balaban J connectivity index is 2.02. The van der Waals surface area contributed by atoms with Crippen molar-refractivity contribution in [2.75, 3.05) is 13.3 Å². The topological polar surface area (TPSA) is 60.2 Å². The molecule has 18 heavy (non-hydrogen) atoms. The van der Waals surface area contributed by atoms with Gasteiger partial charge >= 0.3 is 6.03 Å². The molecule has 2 aromatic rings. The van der Waals surface area contributed by atoms with Crippen LogP contribution in [0.3, 0.4) is 0 Å². The van der Waals surface area contributed by atoms with Gasteiger partial charge in [0.05, 0.1) is 17.7 Å². The van der Waals surface area contributed by atoms with Crippen LogP contribution in [0.1, 0.15) is 13.8 Å². The first kappa shape index (κ1) is 11.2. The van der Waals surface area contributed by atoms with Gasteiger partial charge in [-0.25, -0.2) is 4.79 Å². The summed E-state index contributed by atoms with van der Waals surface area (Å²) in [7, 11) is 0. The van der Waals surface area contributed by atoms with E-state index in [9.17, 15) is 4.79 Å². The fourth-order valence-electron chi connectivity index (χ4n) is 2.08. The Hall–Kier alpha value is -1.95. The maximum Gasteiger partial charge on any atom is 0.349 e. The molecule has 94 valence electrons. The molecule has 0 atom stereocenters. The Morgan fingerprint density at radius 2 is 2.17 bits per heavy atom. The van der Waals surface area contributed by atoms with E-state index in [2.05, 4.69) is 10.3 Å². The number of ether oxygens (including phenoxy) is 1. The molecular weight excluding hydrogens is 232 g/mol. The van der Waals surface area contributed by atoms with E-state index in [0.717, 1.165) is 0 Å². The second-order valence-corrected chi connectivity index (χ2v) is 4.99. The number of hydrogen-bond donors (Lipinski definition) is 0. The summed E-state index contributed by atoms with van der Waals surface area (Å²) >= 11 is 0. The summed E-state index contributed by atoms with van der Waals surface area (Å²) in [5, 5.41) is 7.91. The van der Waals surface area contributed by atoms with E-state index in [1.165, 1.54) is 4.68 Å². The Labute approximate surface area is 104 Å². The largest absolute Gasteiger partial charge is 0.359 e. The minimum atomic E-state index is -0.315. The summed E-state index contributed by atoms with van der Waals surface area (Å²) in [4.78, 5) is 14.1. The van der Waals surface area contributed by atoms with Gasteiger partial charge in [-0.2, -0.15) is 4.68 Å². The zero-order valence-electron chi connectivity index (χ0n) is 10.3. The van der Waals surface area contributed by atoms with E-state index in [1.54, 1.807) is 4.90 Å². The third-order valence-electron chi connectivity index (χ3n) is 3.17. The van der Waals surface area contributed by atoms with Crippen LogP contribution in [-0.4, -0.2) is 44.8 Å². The highest BCUT2D eigenvalue weighted by Gasteiger charge is 2.38. The number of hydrogen-bond acceptors (Lipinski definition) is 4. The van der Waals surface area contributed by atoms with Gasteiger partial charge in [-0.05, 0) is 26.0 Å². The van der Waals surface area contributed by atoms with Crippen molar-refractivity contribution in [3.8, 4) is 0 Å². The molecule has 1 aliphatic rings. The van der Waals surface area contributed by atoms with Crippen molar-refractivity contribution in [2.24, 2.45) is 0 Å². The van der Waals surface area contributed by atoms with Crippen molar-refractivity contribution in [3.63, 3.8) is 0 Å². The zero-order valence-corrected chi connectivity index (χ0v) is 10.3. The number of nitrogens with zero attached hydrogens (tertiary/aromatic N) is 4. The van der Waals surface area contributed by atoms with E-state index in [-0.39, 0.29) is 11.6 Å². The summed E-state index contributed by atoms with van der Waals surface area (Å²) in [6.07, 6.45) is 0. The van der Waals surface area contributed by atoms with Crippen LogP contribution in [0.5, 0.6) is 0 Å². The zero-order chi connectivity index (χ0) is 12.8.